The van der Waals surface area contributed by atoms with Crippen LogP contribution >= 0.6 is 0 Å². The Hall–Kier alpha value is -3.02. The zero-order valence-electron chi connectivity index (χ0n) is 12.7. The van der Waals surface area contributed by atoms with E-state index in [0.29, 0.717) is 11.5 Å². The Kier molecular flexibility index (Phi) is 3.89. The van der Waals surface area contributed by atoms with Crippen LogP contribution in [-0.2, 0) is 0 Å². The van der Waals surface area contributed by atoms with Gasteiger partial charge in [0.25, 0.3) is 5.91 Å². The number of carbonyl (C=O) groups is 1. The molecule has 1 aromatic carbocycles. The molecule has 3 aromatic rings. The van der Waals surface area contributed by atoms with Crippen molar-refractivity contribution in [2.24, 2.45) is 0 Å². The lowest BCUT2D eigenvalue weighted by Crippen LogP contribution is -2.12. The van der Waals surface area contributed by atoms with E-state index in [1.807, 2.05) is 19.9 Å². The molecule has 5 nitrogen and oxygen atoms in total. The summed E-state index contributed by atoms with van der Waals surface area (Å²) in [4.78, 5) is 16.4. The topological polar surface area (TPSA) is 59.8 Å². The van der Waals surface area contributed by atoms with Crippen molar-refractivity contribution in [3.63, 3.8) is 0 Å². The molecule has 0 spiro atoms. The summed E-state index contributed by atoms with van der Waals surface area (Å²) in [6.45, 7) is 3.86. The first kappa shape index (κ1) is 14.9. The van der Waals surface area contributed by atoms with Crippen LogP contribution in [0.4, 0.5) is 10.1 Å². The van der Waals surface area contributed by atoms with Crippen molar-refractivity contribution in [3.8, 4) is 5.82 Å². The molecule has 116 valence electrons. The van der Waals surface area contributed by atoms with Gasteiger partial charge in [-0.1, -0.05) is 6.07 Å². The first-order chi connectivity index (χ1) is 11.0. The van der Waals surface area contributed by atoms with Gasteiger partial charge in [-0.25, -0.2) is 14.1 Å². The molecule has 0 fully saturated rings. The number of nitrogens with one attached hydrogen (secondary N) is 1. The molecule has 0 atom stereocenters. The summed E-state index contributed by atoms with van der Waals surface area (Å²) < 4.78 is 14.9. The number of aromatic nitrogens is 3. The SMILES string of the molecule is Cc1cc(C)n(-c2ccc(NC(=O)c3cccc(F)c3)cn2)n1. The minimum Gasteiger partial charge on any atom is -0.321 e. The number of pyridine rings is 1. The van der Waals surface area contributed by atoms with Crippen LogP contribution in [0.15, 0.2) is 48.7 Å². The molecule has 0 unspecified atom stereocenters. The molecule has 0 bridgehead atoms. The van der Waals surface area contributed by atoms with Gasteiger partial charge in [0.05, 0.1) is 17.6 Å². The number of anilines is 1. The number of nitrogens with zero attached hydrogens (tertiary/aromatic N) is 3. The summed E-state index contributed by atoms with van der Waals surface area (Å²) in [6, 6.07) is 11.0. The van der Waals surface area contributed by atoms with Crippen molar-refractivity contribution >= 4 is 11.6 Å². The van der Waals surface area contributed by atoms with Crippen molar-refractivity contribution in [3.05, 3.63) is 71.4 Å². The molecule has 6 heteroatoms. The molecular weight excluding hydrogens is 295 g/mol. The van der Waals surface area contributed by atoms with Gasteiger partial charge in [0.2, 0.25) is 0 Å². The number of hydrogen-bond acceptors (Lipinski definition) is 3. The van der Waals surface area contributed by atoms with Gasteiger partial charge >= 0.3 is 0 Å². The molecule has 0 aliphatic rings. The van der Waals surface area contributed by atoms with E-state index in [4.69, 9.17) is 0 Å². The maximum absolute atomic E-state index is 13.1. The van der Waals surface area contributed by atoms with Crippen LogP contribution in [0, 0.1) is 19.7 Å². The lowest BCUT2D eigenvalue weighted by Gasteiger charge is -2.07. The third kappa shape index (κ3) is 3.26. The fraction of sp³-hybridized carbons (Fsp3) is 0.118. The largest absolute Gasteiger partial charge is 0.321 e. The number of hydrogen-bond donors (Lipinski definition) is 1. The van der Waals surface area contributed by atoms with Crippen LogP contribution in [0.25, 0.3) is 5.82 Å². The number of amides is 1. The predicted octanol–water partition coefficient (Wildman–Crippen LogP) is 3.28. The molecule has 0 aliphatic heterocycles. The van der Waals surface area contributed by atoms with Crippen LogP contribution in [-0.4, -0.2) is 20.7 Å². The molecule has 0 radical (unpaired) electrons. The quantitative estimate of drug-likeness (QED) is 0.807. The molecule has 0 saturated heterocycles. The highest BCUT2D eigenvalue weighted by atomic mass is 19.1. The van der Waals surface area contributed by atoms with E-state index in [1.165, 1.54) is 18.2 Å². The average molecular weight is 310 g/mol. The molecule has 3 rings (SSSR count). The molecule has 1 N–H and O–H groups in total. The minimum atomic E-state index is -0.448. The average Bonchev–Trinajstić information content (AvgIpc) is 2.86. The summed E-state index contributed by atoms with van der Waals surface area (Å²) in [7, 11) is 0. The van der Waals surface area contributed by atoms with Gasteiger partial charge in [-0.05, 0) is 50.2 Å². The predicted molar refractivity (Wildman–Crippen MR) is 85.2 cm³/mol. The molecule has 0 aliphatic carbocycles. The number of rotatable bonds is 3. The lowest BCUT2D eigenvalue weighted by atomic mass is 10.2. The van der Waals surface area contributed by atoms with Gasteiger partial charge in [0, 0.05) is 11.3 Å². The minimum absolute atomic E-state index is 0.257. The summed E-state index contributed by atoms with van der Waals surface area (Å²) in [6.07, 6.45) is 1.54. The Balaban J connectivity index is 1.77. The van der Waals surface area contributed by atoms with Crippen LogP contribution in [0.3, 0.4) is 0 Å². The van der Waals surface area contributed by atoms with E-state index in [1.54, 1.807) is 29.1 Å². The second-order valence-corrected chi connectivity index (χ2v) is 5.21. The summed E-state index contributed by atoms with van der Waals surface area (Å²) in [5.41, 5.74) is 2.68. The third-order valence-electron chi connectivity index (χ3n) is 3.32. The normalized spacial score (nSPS) is 10.6. The van der Waals surface area contributed by atoms with E-state index in [0.717, 1.165) is 11.4 Å². The smallest absolute Gasteiger partial charge is 0.255 e. The molecule has 23 heavy (non-hydrogen) atoms. The van der Waals surface area contributed by atoms with Crippen LogP contribution in [0.1, 0.15) is 21.7 Å². The van der Waals surface area contributed by atoms with E-state index < -0.39 is 5.82 Å². The van der Waals surface area contributed by atoms with E-state index >= 15 is 0 Å². The number of carbonyl (C=O) groups excluding carboxylic acids is 1. The summed E-state index contributed by atoms with van der Waals surface area (Å²) >= 11 is 0. The maximum Gasteiger partial charge on any atom is 0.255 e. The van der Waals surface area contributed by atoms with Crippen LogP contribution in [0.2, 0.25) is 0 Å². The third-order valence-corrected chi connectivity index (χ3v) is 3.32. The maximum atomic E-state index is 13.1. The fourth-order valence-corrected chi connectivity index (χ4v) is 2.28. The highest BCUT2D eigenvalue weighted by Crippen LogP contribution is 2.14. The lowest BCUT2D eigenvalue weighted by molar-refractivity contribution is 0.102. The first-order valence-electron chi connectivity index (χ1n) is 7.09. The molecular formula is C17H15FN4O. The van der Waals surface area contributed by atoms with E-state index in [2.05, 4.69) is 15.4 Å². The monoisotopic (exact) mass is 310 g/mol. The number of benzene rings is 1. The molecule has 0 saturated carbocycles. The molecule has 2 aromatic heterocycles. The standard InChI is InChI=1S/C17H15FN4O/c1-11-8-12(2)22(21-11)16-7-6-15(10-19-16)20-17(23)13-4-3-5-14(18)9-13/h3-10H,1-2H3,(H,20,23). The number of halogens is 1. The Bertz CT molecular complexity index is 855. The van der Waals surface area contributed by atoms with Gasteiger partial charge < -0.3 is 5.32 Å². The summed E-state index contributed by atoms with van der Waals surface area (Å²) in [5.74, 6) is -0.167. The Morgan fingerprint density at radius 2 is 2.00 bits per heavy atom. The van der Waals surface area contributed by atoms with Gasteiger partial charge in [-0.2, -0.15) is 5.10 Å². The van der Waals surface area contributed by atoms with Gasteiger partial charge in [0.15, 0.2) is 5.82 Å². The van der Waals surface area contributed by atoms with Crippen molar-refractivity contribution in [1.82, 2.24) is 14.8 Å². The Morgan fingerprint density at radius 3 is 2.61 bits per heavy atom. The molecule has 1 amide bonds. The molecule has 2 heterocycles. The highest BCUT2D eigenvalue weighted by Gasteiger charge is 2.08. The van der Waals surface area contributed by atoms with Crippen molar-refractivity contribution in [2.75, 3.05) is 5.32 Å². The fourth-order valence-electron chi connectivity index (χ4n) is 2.28. The second-order valence-electron chi connectivity index (χ2n) is 5.21. The highest BCUT2D eigenvalue weighted by molar-refractivity contribution is 6.04. The van der Waals surface area contributed by atoms with Gasteiger partial charge in [-0.3, -0.25) is 4.79 Å². The first-order valence-corrected chi connectivity index (χ1v) is 7.09. The van der Waals surface area contributed by atoms with Crippen molar-refractivity contribution in [1.29, 1.82) is 0 Å². The van der Waals surface area contributed by atoms with Gasteiger partial charge in [0.1, 0.15) is 5.82 Å². The second kappa shape index (κ2) is 6.00. The Morgan fingerprint density at radius 1 is 1.17 bits per heavy atom. The zero-order chi connectivity index (χ0) is 16.4. The van der Waals surface area contributed by atoms with E-state index in [9.17, 15) is 9.18 Å². The van der Waals surface area contributed by atoms with Crippen LogP contribution < -0.4 is 5.32 Å². The van der Waals surface area contributed by atoms with Crippen molar-refractivity contribution in [2.45, 2.75) is 13.8 Å². The van der Waals surface area contributed by atoms with Crippen molar-refractivity contribution < 1.29 is 9.18 Å². The number of aryl methyl sites for hydroxylation is 2. The van der Waals surface area contributed by atoms with E-state index in [-0.39, 0.29) is 11.5 Å². The summed E-state index contributed by atoms with van der Waals surface area (Å²) in [5, 5.41) is 7.04. The van der Waals surface area contributed by atoms with Gasteiger partial charge in [-0.15, -0.1) is 0 Å². The Labute approximate surface area is 132 Å². The van der Waals surface area contributed by atoms with Crippen LogP contribution in [0.5, 0.6) is 0 Å². The zero-order valence-corrected chi connectivity index (χ0v) is 12.7.